The van der Waals surface area contributed by atoms with Gasteiger partial charge in [-0.05, 0) is 60.4 Å². The van der Waals surface area contributed by atoms with Crippen LogP contribution < -0.4 is 4.90 Å². The fourth-order valence-corrected chi connectivity index (χ4v) is 5.63. The van der Waals surface area contributed by atoms with Gasteiger partial charge in [-0.1, -0.05) is 32.9 Å². The van der Waals surface area contributed by atoms with Gasteiger partial charge in [0.15, 0.2) is 0 Å². The van der Waals surface area contributed by atoms with E-state index in [4.69, 9.17) is 10.1 Å². The number of hydrogen-bond acceptors (Lipinski definition) is 5. The molecule has 0 amide bonds. The quantitative estimate of drug-likeness (QED) is 0.497. The number of hydrogen-bond donors (Lipinski definition) is 2. The summed E-state index contributed by atoms with van der Waals surface area (Å²) < 4.78 is 0. The summed E-state index contributed by atoms with van der Waals surface area (Å²) in [6.07, 6.45) is 6.57. The Morgan fingerprint density at radius 2 is 1.86 bits per heavy atom. The van der Waals surface area contributed by atoms with Crippen molar-refractivity contribution in [2.45, 2.75) is 52.9 Å². The number of carboxylic acid groups (broad SMARTS) is 1. The van der Waals surface area contributed by atoms with Gasteiger partial charge in [0.2, 0.25) is 0 Å². The highest BCUT2D eigenvalue weighted by molar-refractivity contribution is 5.72. The number of carboxylic acids is 1. The van der Waals surface area contributed by atoms with E-state index in [1.165, 1.54) is 34.5 Å². The van der Waals surface area contributed by atoms with Gasteiger partial charge in [0.25, 0.3) is 0 Å². The molecule has 0 unspecified atom stereocenters. The van der Waals surface area contributed by atoms with Crippen LogP contribution in [0, 0.1) is 5.41 Å². The maximum atomic E-state index is 10.8. The van der Waals surface area contributed by atoms with E-state index in [9.17, 15) is 4.79 Å². The van der Waals surface area contributed by atoms with E-state index in [1.54, 1.807) is 0 Å². The van der Waals surface area contributed by atoms with Crippen LogP contribution in [0.15, 0.2) is 36.5 Å². The zero-order valence-electron chi connectivity index (χ0n) is 21.7. The third-order valence-electron chi connectivity index (χ3n) is 7.84. The van der Waals surface area contributed by atoms with Crippen LogP contribution in [0.4, 0.5) is 5.69 Å². The summed E-state index contributed by atoms with van der Waals surface area (Å²) in [4.78, 5) is 20.3. The van der Waals surface area contributed by atoms with Gasteiger partial charge < -0.3 is 10.0 Å². The number of nitrogens with zero attached hydrogens (tertiary/aromatic N) is 4. The lowest BCUT2D eigenvalue weighted by Gasteiger charge is -2.35. The molecule has 7 nitrogen and oxygen atoms in total. The Morgan fingerprint density at radius 1 is 1.11 bits per heavy atom. The normalized spacial score (nSPS) is 17.7. The molecule has 2 N–H and O–H groups in total. The largest absolute Gasteiger partial charge is 0.481 e. The maximum absolute atomic E-state index is 10.8. The Kier molecular flexibility index (Phi) is 6.84. The Bertz CT molecular complexity index is 1220. The minimum atomic E-state index is -0.729. The molecular formula is C29H37N5O2. The Balaban J connectivity index is 1.30. The minimum absolute atomic E-state index is 0.208. The molecule has 0 saturated carbocycles. The number of aromatic nitrogens is 3. The predicted octanol–water partition coefficient (Wildman–Crippen LogP) is 4.81. The van der Waals surface area contributed by atoms with Crippen molar-refractivity contribution in [3.05, 3.63) is 53.3 Å². The van der Waals surface area contributed by atoms with Crippen LogP contribution in [0.3, 0.4) is 0 Å². The molecule has 1 fully saturated rings. The lowest BCUT2D eigenvalue weighted by atomic mass is 9.72. The average Bonchev–Trinajstić information content (AvgIpc) is 3.37. The SMILES string of the molecule is CCc1ncc(-c2cc(-c3ccc(N4CCN(CCC(=O)O)CC4)cc3)n[nH]2)c2c1CC(C)(C)CC2. The van der Waals surface area contributed by atoms with E-state index in [-0.39, 0.29) is 6.42 Å². The summed E-state index contributed by atoms with van der Waals surface area (Å²) in [6.45, 7) is 11.2. The molecule has 2 aliphatic rings. The number of pyridine rings is 1. The molecule has 5 rings (SSSR count). The first kappa shape index (κ1) is 24.5. The summed E-state index contributed by atoms with van der Waals surface area (Å²) in [5.74, 6) is -0.729. The molecule has 0 atom stereocenters. The Morgan fingerprint density at radius 3 is 2.56 bits per heavy atom. The fraction of sp³-hybridized carbons (Fsp3) is 0.483. The van der Waals surface area contributed by atoms with Crippen molar-refractivity contribution in [1.29, 1.82) is 0 Å². The first-order valence-corrected chi connectivity index (χ1v) is 13.2. The van der Waals surface area contributed by atoms with Crippen LogP contribution in [0.25, 0.3) is 22.5 Å². The van der Waals surface area contributed by atoms with Gasteiger partial charge in [0.05, 0.1) is 17.8 Å². The smallest absolute Gasteiger partial charge is 0.304 e. The van der Waals surface area contributed by atoms with Crippen LogP contribution in [0.5, 0.6) is 0 Å². The molecule has 1 aliphatic carbocycles. The second-order valence-electron chi connectivity index (χ2n) is 11.0. The van der Waals surface area contributed by atoms with E-state index in [1.807, 2.05) is 6.20 Å². The maximum Gasteiger partial charge on any atom is 0.304 e. The van der Waals surface area contributed by atoms with Gasteiger partial charge in [0.1, 0.15) is 0 Å². The van der Waals surface area contributed by atoms with E-state index in [0.29, 0.717) is 12.0 Å². The van der Waals surface area contributed by atoms with E-state index < -0.39 is 5.97 Å². The lowest BCUT2D eigenvalue weighted by molar-refractivity contribution is -0.137. The summed E-state index contributed by atoms with van der Waals surface area (Å²) in [7, 11) is 0. The third kappa shape index (κ3) is 5.16. The number of aliphatic carboxylic acids is 1. The Labute approximate surface area is 213 Å². The van der Waals surface area contributed by atoms with Gasteiger partial charge in [-0.15, -0.1) is 0 Å². The molecule has 7 heteroatoms. The number of aromatic amines is 1. The highest BCUT2D eigenvalue weighted by atomic mass is 16.4. The first-order chi connectivity index (χ1) is 17.3. The molecule has 2 aromatic heterocycles. The zero-order chi connectivity index (χ0) is 25.3. The molecule has 1 saturated heterocycles. The third-order valence-corrected chi connectivity index (χ3v) is 7.84. The highest BCUT2D eigenvalue weighted by Crippen LogP contribution is 2.40. The topological polar surface area (TPSA) is 85.3 Å². The van der Waals surface area contributed by atoms with Crippen LogP contribution in [0.1, 0.15) is 50.4 Å². The average molecular weight is 488 g/mol. The fourth-order valence-electron chi connectivity index (χ4n) is 5.63. The molecule has 0 radical (unpaired) electrons. The van der Waals surface area contributed by atoms with Gasteiger partial charge in [0, 0.05) is 61.4 Å². The van der Waals surface area contributed by atoms with Crippen molar-refractivity contribution in [3.8, 4) is 22.5 Å². The molecule has 36 heavy (non-hydrogen) atoms. The number of carbonyl (C=O) groups is 1. The van der Waals surface area contributed by atoms with Crippen molar-refractivity contribution in [2.75, 3.05) is 37.6 Å². The second-order valence-corrected chi connectivity index (χ2v) is 11.0. The summed E-state index contributed by atoms with van der Waals surface area (Å²) in [5.41, 5.74) is 9.90. The number of nitrogens with one attached hydrogen (secondary N) is 1. The van der Waals surface area contributed by atoms with E-state index >= 15 is 0 Å². The highest BCUT2D eigenvalue weighted by Gasteiger charge is 2.29. The van der Waals surface area contributed by atoms with Crippen LogP contribution >= 0.6 is 0 Å². The number of rotatable bonds is 7. The molecule has 3 heterocycles. The van der Waals surface area contributed by atoms with Gasteiger partial charge >= 0.3 is 5.97 Å². The minimum Gasteiger partial charge on any atom is -0.481 e. The van der Waals surface area contributed by atoms with Crippen molar-refractivity contribution < 1.29 is 9.90 Å². The molecule has 1 aliphatic heterocycles. The lowest BCUT2D eigenvalue weighted by Crippen LogP contribution is -2.46. The van der Waals surface area contributed by atoms with Crippen LogP contribution in [-0.4, -0.2) is 63.9 Å². The standard InChI is InChI=1S/C29H37N5O2/c1-4-25-23-18-29(2,3)11-9-22(23)24(19-30-25)27-17-26(31-32-27)20-5-7-21(8-6-20)34-15-13-33(14-16-34)12-10-28(35)36/h5-8,17,19H,4,9-16,18H2,1-3H3,(H,31,32)(H,35,36). The molecule has 190 valence electrons. The summed E-state index contributed by atoms with van der Waals surface area (Å²) >= 11 is 0. The van der Waals surface area contributed by atoms with Crippen molar-refractivity contribution in [2.24, 2.45) is 5.41 Å². The van der Waals surface area contributed by atoms with Crippen LogP contribution in [-0.2, 0) is 24.1 Å². The predicted molar refractivity (Wildman–Crippen MR) is 143 cm³/mol. The number of benzene rings is 1. The Hall–Kier alpha value is -3.19. The summed E-state index contributed by atoms with van der Waals surface area (Å²) in [5, 5.41) is 16.8. The van der Waals surface area contributed by atoms with Gasteiger partial charge in [-0.3, -0.25) is 19.8 Å². The van der Waals surface area contributed by atoms with Crippen LogP contribution in [0.2, 0.25) is 0 Å². The zero-order valence-corrected chi connectivity index (χ0v) is 21.7. The number of aryl methyl sites for hydroxylation is 1. The molecule has 0 spiro atoms. The van der Waals surface area contributed by atoms with E-state index in [2.05, 4.69) is 71.1 Å². The monoisotopic (exact) mass is 487 g/mol. The van der Waals surface area contributed by atoms with Gasteiger partial charge in [-0.2, -0.15) is 5.10 Å². The van der Waals surface area contributed by atoms with Gasteiger partial charge in [-0.25, -0.2) is 0 Å². The van der Waals surface area contributed by atoms with Crippen molar-refractivity contribution in [3.63, 3.8) is 0 Å². The first-order valence-electron chi connectivity index (χ1n) is 13.2. The molecule has 3 aromatic rings. The number of H-pyrrole nitrogens is 1. The molecular weight excluding hydrogens is 450 g/mol. The number of anilines is 1. The number of piperazine rings is 1. The molecule has 1 aromatic carbocycles. The molecule has 0 bridgehead atoms. The summed E-state index contributed by atoms with van der Waals surface area (Å²) in [6, 6.07) is 10.8. The van der Waals surface area contributed by atoms with E-state index in [0.717, 1.165) is 62.4 Å². The second kappa shape index (κ2) is 10.1. The van der Waals surface area contributed by atoms with Crippen molar-refractivity contribution >= 4 is 11.7 Å². The van der Waals surface area contributed by atoms with Crippen molar-refractivity contribution in [1.82, 2.24) is 20.1 Å². The number of fused-ring (bicyclic) bond motifs is 1.